The minimum atomic E-state index is 0.516. The van der Waals surface area contributed by atoms with Gasteiger partial charge in [0.2, 0.25) is 0 Å². The molecule has 0 aliphatic rings. The molecule has 3 nitrogen and oxygen atoms in total. The van der Waals surface area contributed by atoms with Crippen LogP contribution in [0.5, 0.6) is 0 Å². The van der Waals surface area contributed by atoms with E-state index in [2.05, 4.69) is 34.2 Å². The van der Waals surface area contributed by atoms with Crippen LogP contribution in [0.2, 0.25) is 0 Å². The van der Waals surface area contributed by atoms with Crippen molar-refractivity contribution in [2.24, 2.45) is 0 Å². The molecule has 0 spiro atoms. The molecule has 0 fully saturated rings. The van der Waals surface area contributed by atoms with Crippen molar-refractivity contribution < 1.29 is 0 Å². The molecule has 0 atom stereocenters. The average molecular weight is 263 g/mol. The molecule has 2 rings (SSSR count). The Morgan fingerprint density at radius 2 is 1.65 bits per heavy atom. The molecule has 1 heterocycles. The van der Waals surface area contributed by atoms with Crippen LogP contribution in [-0.4, -0.2) is 21.5 Å². The number of nitrogens with two attached hydrogens (primary N) is 1. The summed E-state index contributed by atoms with van der Waals surface area (Å²) in [5, 5.41) is 0.821. The SMILES string of the molecule is Nc1nccnc1SCCSc1ccccc1. The van der Waals surface area contributed by atoms with Crippen LogP contribution in [0.4, 0.5) is 5.82 Å². The molecule has 0 aliphatic carbocycles. The van der Waals surface area contributed by atoms with Crippen molar-refractivity contribution in [3.8, 4) is 0 Å². The summed E-state index contributed by atoms with van der Waals surface area (Å²) in [4.78, 5) is 9.48. The zero-order valence-corrected chi connectivity index (χ0v) is 10.9. The Morgan fingerprint density at radius 1 is 0.941 bits per heavy atom. The van der Waals surface area contributed by atoms with Crippen molar-refractivity contribution in [2.75, 3.05) is 17.2 Å². The van der Waals surface area contributed by atoms with Crippen LogP contribution in [0.15, 0.2) is 52.6 Å². The van der Waals surface area contributed by atoms with Crippen LogP contribution >= 0.6 is 23.5 Å². The van der Waals surface area contributed by atoms with Crippen LogP contribution in [0, 0.1) is 0 Å². The van der Waals surface area contributed by atoms with Gasteiger partial charge in [-0.15, -0.1) is 23.5 Å². The number of benzene rings is 1. The minimum absolute atomic E-state index is 0.516. The lowest BCUT2D eigenvalue weighted by molar-refractivity contribution is 1.07. The highest BCUT2D eigenvalue weighted by molar-refractivity contribution is 8.03. The standard InChI is InChI=1S/C12H13N3S2/c13-11-12(15-7-6-14-11)17-9-8-16-10-4-2-1-3-5-10/h1-7H,8-9H2,(H2,13,14). The topological polar surface area (TPSA) is 51.8 Å². The van der Waals surface area contributed by atoms with Gasteiger partial charge in [-0.25, -0.2) is 9.97 Å². The number of thioether (sulfide) groups is 2. The molecular formula is C12H13N3S2. The van der Waals surface area contributed by atoms with Gasteiger partial charge in [0.05, 0.1) is 0 Å². The van der Waals surface area contributed by atoms with E-state index in [1.165, 1.54) is 4.90 Å². The van der Waals surface area contributed by atoms with Crippen LogP contribution in [-0.2, 0) is 0 Å². The maximum Gasteiger partial charge on any atom is 0.156 e. The highest BCUT2D eigenvalue weighted by atomic mass is 32.2. The Bertz CT molecular complexity index is 462. The van der Waals surface area contributed by atoms with Crippen molar-refractivity contribution in [3.63, 3.8) is 0 Å². The molecule has 0 bridgehead atoms. The van der Waals surface area contributed by atoms with E-state index in [0.717, 1.165) is 16.5 Å². The molecule has 0 unspecified atom stereocenters. The molecule has 0 saturated carbocycles. The number of nitrogens with zero attached hydrogens (tertiary/aromatic N) is 2. The Labute approximate surface area is 109 Å². The third kappa shape index (κ3) is 3.94. The van der Waals surface area contributed by atoms with Crippen molar-refractivity contribution >= 4 is 29.3 Å². The van der Waals surface area contributed by atoms with E-state index in [0.29, 0.717) is 5.82 Å². The first-order valence-electron chi connectivity index (χ1n) is 5.23. The molecule has 0 aliphatic heterocycles. The van der Waals surface area contributed by atoms with Gasteiger partial charge in [0, 0.05) is 28.8 Å². The quantitative estimate of drug-likeness (QED) is 0.664. The van der Waals surface area contributed by atoms with Gasteiger partial charge < -0.3 is 5.73 Å². The summed E-state index contributed by atoms with van der Waals surface area (Å²) in [6.45, 7) is 0. The van der Waals surface area contributed by atoms with Crippen LogP contribution in [0.25, 0.3) is 0 Å². The number of hydrogen-bond donors (Lipinski definition) is 1. The normalized spacial score (nSPS) is 10.4. The maximum absolute atomic E-state index is 5.71. The molecule has 0 radical (unpaired) electrons. The van der Waals surface area contributed by atoms with Gasteiger partial charge in [-0.1, -0.05) is 18.2 Å². The van der Waals surface area contributed by atoms with E-state index < -0.39 is 0 Å². The second kappa shape index (κ2) is 6.51. The highest BCUT2D eigenvalue weighted by Gasteiger charge is 2.01. The summed E-state index contributed by atoms with van der Waals surface area (Å²) in [5.41, 5.74) is 5.71. The molecule has 17 heavy (non-hydrogen) atoms. The van der Waals surface area contributed by atoms with E-state index >= 15 is 0 Å². The largest absolute Gasteiger partial charge is 0.381 e. The minimum Gasteiger partial charge on any atom is -0.381 e. The lowest BCUT2D eigenvalue weighted by Gasteiger charge is -2.03. The van der Waals surface area contributed by atoms with E-state index in [-0.39, 0.29) is 0 Å². The molecule has 88 valence electrons. The lowest BCUT2D eigenvalue weighted by atomic mass is 10.4. The van der Waals surface area contributed by atoms with Gasteiger partial charge in [-0.05, 0) is 12.1 Å². The molecule has 0 amide bonds. The maximum atomic E-state index is 5.71. The van der Waals surface area contributed by atoms with E-state index in [4.69, 9.17) is 5.73 Å². The second-order valence-electron chi connectivity index (χ2n) is 3.26. The monoisotopic (exact) mass is 263 g/mol. The first kappa shape index (κ1) is 12.3. The van der Waals surface area contributed by atoms with Gasteiger partial charge in [0.15, 0.2) is 5.82 Å². The first-order chi connectivity index (χ1) is 8.36. The van der Waals surface area contributed by atoms with Gasteiger partial charge in [0.1, 0.15) is 5.03 Å². The third-order valence-electron chi connectivity index (χ3n) is 2.03. The number of rotatable bonds is 5. The predicted octanol–water partition coefficient (Wildman–Crippen LogP) is 2.94. The Hall–Kier alpha value is -1.20. The summed E-state index contributed by atoms with van der Waals surface area (Å²) in [6, 6.07) is 10.4. The summed E-state index contributed by atoms with van der Waals surface area (Å²) >= 11 is 3.48. The number of aromatic nitrogens is 2. The zero-order valence-electron chi connectivity index (χ0n) is 9.24. The zero-order chi connectivity index (χ0) is 11.9. The summed E-state index contributed by atoms with van der Waals surface area (Å²) in [5.74, 6) is 2.52. The van der Waals surface area contributed by atoms with Crippen molar-refractivity contribution in [2.45, 2.75) is 9.92 Å². The molecule has 1 aromatic heterocycles. The van der Waals surface area contributed by atoms with Gasteiger partial charge in [-0.2, -0.15) is 0 Å². The number of hydrogen-bond acceptors (Lipinski definition) is 5. The molecule has 2 N–H and O–H groups in total. The Morgan fingerprint density at radius 3 is 2.41 bits per heavy atom. The van der Waals surface area contributed by atoms with Crippen molar-refractivity contribution in [3.05, 3.63) is 42.7 Å². The number of nitrogen functional groups attached to an aromatic ring is 1. The fraction of sp³-hybridized carbons (Fsp3) is 0.167. The van der Waals surface area contributed by atoms with Crippen LogP contribution in [0.1, 0.15) is 0 Å². The predicted molar refractivity (Wildman–Crippen MR) is 74.3 cm³/mol. The van der Waals surface area contributed by atoms with Crippen LogP contribution < -0.4 is 5.73 Å². The van der Waals surface area contributed by atoms with Gasteiger partial charge in [-0.3, -0.25) is 0 Å². The van der Waals surface area contributed by atoms with E-state index in [1.54, 1.807) is 24.2 Å². The van der Waals surface area contributed by atoms with E-state index in [9.17, 15) is 0 Å². The fourth-order valence-corrected chi connectivity index (χ4v) is 3.04. The smallest absolute Gasteiger partial charge is 0.156 e. The summed E-state index contributed by atoms with van der Waals surface area (Å²) in [6.07, 6.45) is 3.28. The van der Waals surface area contributed by atoms with E-state index in [1.807, 2.05) is 17.8 Å². The third-order valence-corrected chi connectivity index (χ3v) is 4.29. The molecule has 5 heteroatoms. The lowest BCUT2D eigenvalue weighted by Crippen LogP contribution is -1.95. The van der Waals surface area contributed by atoms with Crippen molar-refractivity contribution in [1.82, 2.24) is 9.97 Å². The first-order valence-corrected chi connectivity index (χ1v) is 7.20. The second-order valence-corrected chi connectivity index (χ2v) is 5.51. The Balaban J connectivity index is 1.76. The van der Waals surface area contributed by atoms with Gasteiger partial charge in [0.25, 0.3) is 0 Å². The Kier molecular flexibility index (Phi) is 4.70. The van der Waals surface area contributed by atoms with Crippen molar-refractivity contribution in [1.29, 1.82) is 0 Å². The van der Waals surface area contributed by atoms with Gasteiger partial charge >= 0.3 is 0 Å². The summed E-state index contributed by atoms with van der Waals surface area (Å²) in [7, 11) is 0. The molecule has 0 saturated heterocycles. The average Bonchev–Trinajstić information content (AvgIpc) is 2.38. The van der Waals surface area contributed by atoms with Crippen LogP contribution in [0.3, 0.4) is 0 Å². The number of anilines is 1. The molecule has 2 aromatic rings. The highest BCUT2D eigenvalue weighted by Crippen LogP contribution is 2.23. The summed E-state index contributed by atoms with van der Waals surface area (Å²) < 4.78 is 0. The molecular weight excluding hydrogens is 250 g/mol. The molecule has 1 aromatic carbocycles. The fourth-order valence-electron chi connectivity index (χ4n) is 1.26.